The van der Waals surface area contributed by atoms with Gasteiger partial charge < -0.3 is 5.73 Å². The van der Waals surface area contributed by atoms with Crippen LogP contribution in [-0.4, -0.2) is 19.9 Å². The molecule has 4 aromatic rings. The molecule has 24 heavy (non-hydrogen) atoms. The summed E-state index contributed by atoms with van der Waals surface area (Å²) >= 11 is 5.98. The molecule has 0 saturated carbocycles. The maximum atomic E-state index is 5.98. The van der Waals surface area contributed by atoms with E-state index >= 15 is 0 Å². The van der Waals surface area contributed by atoms with Gasteiger partial charge in [0.2, 0.25) is 5.95 Å². The van der Waals surface area contributed by atoms with E-state index in [1.165, 1.54) is 0 Å². The lowest BCUT2D eigenvalue weighted by atomic mass is 10.1. The van der Waals surface area contributed by atoms with Gasteiger partial charge in [-0.05, 0) is 24.3 Å². The van der Waals surface area contributed by atoms with Crippen molar-refractivity contribution in [2.45, 2.75) is 0 Å². The Morgan fingerprint density at radius 2 is 1.67 bits per heavy atom. The highest BCUT2D eigenvalue weighted by molar-refractivity contribution is 6.29. The Kier molecular flexibility index (Phi) is 3.55. The van der Waals surface area contributed by atoms with Crippen molar-refractivity contribution in [2.75, 3.05) is 5.73 Å². The van der Waals surface area contributed by atoms with Crippen LogP contribution in [0.15, 0.2) is 60.8 Å². The predicted molar refractivity (Wildman–Crippen MR) is 95.4 cm³/mol. The molecular formula is C18H12ClN5. The van der Waals surface area contributed by atoms with Crippen molar-refractivity contribution < 1.29 is 0 Å². The van der Waals surface area contributed by atoms with Gasteiger partial charge in [0.15, 0.2) is 0 Å². The number of anilines is 1. The highest BCUT2D eigenvalue weighted by atomic mass is 35.5. The van der Waals surface area contributed by atoms with Gasteiger partial charge in [-0.3, -0.25) is 0 Å². The molecule has 0 bridgehead atoms. The van der Waals surface area contributed by atoms with Crippen LogP contribution in [0.5, 0.6) is 0 Å². The van der Waals surface area contributed by atoms with Crippen LogP contribution in [0.25, 0.3) is 33.5 Å². The predicted octanol–water partition coefficient (Wildman–Crippen LogP) is 3.99. The van der Waals surface area contributed by atoms with Gasteiger partial charge in [-0.1, -0.05) is 41.9 Å². The summed E-state index contributed by atoms with van der Waals surface area (Å²) in [5.41, 5.74) is 10.6. The highest BCUT2D eigenvalue weighted by Crippen LogP contribution is 2.28. The molecular weight excluding hydrogens is 322 g/mol. The second-order valence-electron chi connectivity index (χ2n) is 5.23. The van der Waals surface area contributed by atoms with Gasteiger partial charge >= 0.3 is 0 Å². The number of hydrogen-bond donors (Lipinski definition) is 1. The van der Waals surface area contributed by atoms with E-state index in [1.807, 2.05) is 48.5 Å². The third-order valence-corrected chi connectivity index (χ3v) is 3.84. The number of rotatable bonds is 2. The number of hydrogen-bond acceptors (Lipinski definition) is 5. The second kappa shape index (κ2) is 5.86. The molecule has 116 valence electrons. The zero-order valence-corrected chi connectivity index (χ0v) is 13.3. The standard InChI is InChI=1S/C18H12ClN5/c19-15-10-12(8-9-21-15)13-6-7-14-17(22-13)16(24-18(20)23-14)11-4-2-1-3-5-11/h1-10H,(H2,20,23,24). The Morgan fingerprint density at radius 1 is 0.833 bits per heavy atom. The van der Waals surface area contributed by atoms with E-state index in [0.717, 1.165) is 16.8 Å². The molecule has 0 fully saturated rings. The van der Waals surface area contributed by atoms with Crippen molar-refractivity contribution in [1.29, 1.82) is 0 Å². The summed E-state index contributed by atoms with van der Waals surface area (Å²) in [6.07, 6.45) is 1.65. The number of fused-ring (bicyclic) bond motifs is 1. The third kappa shape index (κ3) is 2.66. The minimum atomic E-state index is 0.225. The monoisotopic (exact) mass is 333 g/mol. The number of nitrogen functional groups attached to an aromatic ring is 1. The Labute approximate surface area is 143 Å². The van der Waals surface area contributed by atoms with E-state index in [4.69, 9.17) is 22.3 Å². The number of benzene rings is 1. The van der Waals surface area contributed by atoms with Gasteiger partial charge in [0.05, 0.1) is 11.2 Å². The lowest BCUT2D eigenvalue weighted by Gasteiger charge is -2.08. The van der Waals surface area contributed by atoms with Crippen LogP contribution in [0, 0.1) is 0 Å². The Hall–Kier alpha value is -3.05. The van der Waals surface area contributed by atoms with Crippen LogP contribution in [0.3, 0.4) is 0 Å². The summed E-state index contributed by atoms with van der Waals surface area (Å²) in [7, 11) is 0. The van der Waals surface area contributed by atoms with Crippen molar-refractivity contribution in [2.24, 2.45) is 0 Å². The quantitative estimate of drug-likeness (QED) is 0.561. The van der Waals surface area contributed by atoms with Crippen molar-refractivity contribution in [3.63, 3.8) is 0 Å². The minimum absolute atomic E-state index is 0.225. The van der Waals surface area contributed by atoms with Crippen molar-refractivity contribution in [3.05, 3.63) is 65.9 Å². The summed E-state index contributed by atoms with van der Waals surface area (Å²) in [6.45, 7) is 0. The fourth-order valence-corrected chi connectivity index (χ4v) is 2.73. The van der Waals surface area contributed by atoms with E-state index in [0.29, 0.717) is 21.9 Å². The van der Waals surface area contributed by atoms with E-state index < -0.39 is 0 Å². The van der Waals surface area contributed by atoms with Gasteiger partial charge in [-0.15, -0.1) is 0 Å². The maximum absolute atomic E-state index is 5.98. The minimum Gasteiger partial charge on any atom is -0.368 e. The molecule has 0 atom stereocenters. The van der Waals surface area contributed by atoms with E-state index in [2.05, 4.69) is 15.0 Å². The fraction of sp³-hybridized carbons (Fsp3) is 0. The maximum Gasteiger partial charge on any atom is 0.221 e. The first-order chi connectivity index (χ1) is 11.7. The van der Waals surface area contributed by atoms with Gasteiger partial charge in [0, 0.05) is 17.3 Å². The molecule has 0 amide bonds. The normalized spacial score (nSPS) is 10.9. The molecule has 1 aromatic carbocycles. The van der Waals surface area contributed by atoms with E-state index in [-0.39, 0.29) is 5.95 Å². The first-order valence-electron chi connectivity index (χ1n) is 7.32. The largest absolute Gasteiger partial charge is 0.368 e. The average molecular weight is 334 g/mol. The highest BCUT2D eigenvalue weighted by Gasteiger charge is 2.11. The zero-order chi connectivity index (χ0) is 16.5. The molecule has 0 aliphatic carbocycles. The SMILES string of the molecule is Nc1nc(-c2ccccc2)c2nc(-c3ccnc(Cl)c3)ccc2n1. The molecule has 3 aromatic heterocycles. The van der Waals surface area contributed by atoms with Gasteiger partial charge in [-0.2, -0.15) is 0 Å². The second-order valence-corrected chi connectivity index (χ2v) is 5.62. The van der Waals surface area contributed by atoms with Crippen molar-refractivity contribution in [1.82, 2.24) is 19.9 Å². The van der Waals surface area contributed by atoms with Crippen LogP contribution >= 0.6 is 11.6 Å². The molecule has 5 nitrogen and oxygen atoms in total. The Balaban J connectivity index is 1.97. The lowest BCUT2D eigenvalue weighted by molar-refractivity contribution is 1.21. The summed E-state index contributed by atoms with van der Waals surface area (Å²) in [4.78, 5) is 17.4. The molecule has 0 unspecified atom stereocenters. The Morgan fingerprint density at radius 3 is 2.46 bits per heavy atom. The number of halogens is 1. The number of nitrogens with zero attached hydrogens (tertiary/aromatic N) is 4. The van der Waals surface area contributed by atoms with Crippen LogP contribution in [0.4, 0.5) is 5.95 Å². The molecule has 0 radical (unpaired) electrons. The van der Waals surface area contributed by atoms with Crippen LogP contribution in [0.2, 0.25) is 5.15 Å². The molecule has 3 heterocycles. The van der Waals surface area contributed by atoms with E-state index in [1.54, 1.807) is 12.3 Å². The van der Waals surface area contributed by atoms with Gasteiger partial charge in [-0.25, -0.2) is 19.9 Å². The van der Waals surface area contributed by atoms with Crippen molar-refractivity contribution >= 4 is 28.6 Å². The molecule has 0 spiro atoms. The smallest absolute Gasteiger partial charge is 0.221 e. The summed E-state index contributed by atoms with van der Waals surface area (Å²) in [6, 6.07) is 17.2. The molecule has 0 aliphatic rings. The number of pyridine rings is 2. The zero-order valence-electron chi connectivity index (χ0n) is 12.5. The van der Waals surface area contributed by atoms with E-state index in [9.17, 15) is 0 Å². The first-order valence-corrected chi connectivity index (χ1v) is 7.70. The molecule has 6 heteroatoms. The third-order valence-electron chi connectivity index (χ3n) is 3.63. The average Bonchev–Trinajstić information content (AvgIpc) is 2.61. The number of nitrogens with two attached hydrogens (primary N) is 1. The molecule has 4 rings (SSSR count). The fourth-order valence-electron chi connectivity index (χ4n) is 2.55. The number of aromatic nitrogens is 4. The summed E-state index contributed by atoms with van der Waals surface area (Å²) in [5, 5.41) is 0.422. The molecule has 0 saturated heterocycles. The first kappa shape index (κ1) is 14.5. The van der Waals surface area contributed by atoms with Crippen LogP contribution in [0.1, 0.15) is 0 Å². The van der Waals surface area contributed by atoms with Crippen LogP contribution in [-0.2, 0) is 0 Å². The molecule has 2 N–H and O–H groups in total. The lowest BCUT2D eigenvalue weighted by Crippen LogP contribution is -2.00. The van der Waals surface area contributed by atoms with Crippen LogP contribution < -0.4 is 5.73 Å². The molecule has 0 aliphatic heterocycles. The van der Waals surface area contributed by atoms with Gasteiger partial charge in [0.25, 0.3) is 0 Å². The summed E-state index contributed by atoms with van der Waals surface area (Å²) < 4.78 is 0. The summed E-state index contributed by atoms with van der Waals surface area (Å²) in [5.74, 6) is 0.225. The van der Waals surface area contributed by atoms with Gasteiger partial charge in [0.1, 0.15) is 16.4 Å². The topological polar surface area (TPSA) is 77.6 Å². The van der Waals surface area contributed by atoms with Crippen molar-refractivity contribution in [3.8, 4) is 22.5 Å². The Bertz CT molecular complexity index is 1030.